The zero-order valence-electron chi connectivity index (χ0n) is 18.3. The molecule has 0 saturated carbocycles. The number of aliphatic hydroxyl groups excluding tert-OH is 5. The molecule has 2 saturated heterocycles. The summed E-state index contributed by atoms with van der Waals surface area (Å²) in [7, 11) is -10.9. The number of rotatable bonds is 8. The van der Waals surface area contributed by atoms with Crippen molar-refractivity contribution in [2.75, 3.05) is 18.9 Å². The van der Waals surface area contributed by atoms with Gasteiger partial charge in [0.2, 0.25) is 5.95 Å². The van der Waals surface area contributed by atoms with E-state index < -0.39 is 83.6 Å². The van der Waals surface area contributed by atoms with Crippen LogP contribution in [0.5, 0.6) is 0 Å². The molecule has 4 unspecified atom stereocenters. The van der Waals surface area contributed by atoms with Crippen LogP contribution in [0.15, 0.2) is 11.1 Å². The number of nitrogens with two attached hydrogens (primary N) is 1. The highest BCUT2D eigenvalue weighted by Gasteiger charge is 2.48. The van der Waals surface area contributed by atoms with E-state index in [0.717, 1.165) is 10.9 Å². The van der Waals surface area contributed by atoms with Gasteiger partial charge in [0.15, 0.2) is 23.7 Å². The molecule has 0 aliphatic carbocycles. The van der Waals surface area contributed by atoms with Crippen LogP contribution in [-0.2, 0) is 32.0 Å². The molecule has 2 aliphatic heterocycles. The van der Waals surface area contributed by atoms with Gasteiger partial charge in [-0.15, -0.1) is 0 Å². The van der Waals surface area contributed by atoms with Crippen LogP contribution in [0, 0.1) is 0 Å². The number of ether oxygens (including phenoxy) is 2. The highest BCUT2D eigenvalue weighted by molar-refractivity contribution is 7.61. The lowest BCUT2D eigenvalue weighted by Gasteiger charge is -2.35. The van der Waals surface area contributed by atoms with Crippen molar-refractivity contribution in [1.82, 2.24) is 19.5 Å². The lowest BCUT2D eigenvalue weighted by atomic mass is 10.1. The third-order valence-electron chi connectivity index (χ3n) is 5.36. The lowest BCUT2D eigenvalue weighted by molar-refractivity contribution is -0.245. The summed E-state index contributed by atoms with van der Waals surface area (Å²) in [5.74, 6) is -0.266. The van der Waals surface area contributed by atoms with Gasteiger partial charge in [-0.25, -0.2) is 14.1 Å². The number of aromatic amines is 1. The largest absolute Gasteiger partial charge is 0.483 e. The number of aromatic nitrogens is 4. The molecule has 0 bridgehead atoms. The third-order valence-corrected chi connectivity index (χ3v) is 7.96. The summed E-state index contributed by atoms with van der Waals surface area (Å²) in [5, 5.41) is 49.4. The van der Waals surface area contributed by atoms with Crippen molar-refractivity contribution in [3.8, 4) is 0 Å². The maximum absolute atomic E-state index is 12.2. The highest BCUT2D eigenvalue weighted by atomic mass is 31.3. The van der Waals surface area contributed by atoms with Crippen LogP contribution in [-0.4, -0.2) is 111 Å². The summed E-state index contributed by atoms with van der Waals surface area (Å²) in [6.45, 7) is -1.56. The van der Waals surface area contributed by atoms with Crippen molar-refractivity contribution in [3.63, 3.8) is 0 Å². The van der Waals surface area contributed by atoms with Crippen LogP contribution in [0.3, 0.4) is 0 Å². The molecule has 2 aromatic rings. The molecule has 0 amide bonds. The van der Waals surface area contributed by atoms with Gasteiger partial charge in [0.25, 0.3) is 5.56 Å². The minimum Gasteiger partial charge on any atom is -0.388 e. The first-order valence-corrected chi connectivity index (χ1v) is 13.3. The van der Waals surface area contributed by atoms with Crippen molar-refractivity contribution in [1.29, 1.82) is 0 Å². The monoisotopic (exact) mass is 575 g/mol. The quantitative estimate of drug-likeness (QED) is 0.135. The van der Waals surface area contributed by atoms with Crippen molar-refractivity contribution in [2.24, 2.45) is 0 Å². The Morgan fingerprint density at radius 3 is 2.51 bits per heavy atom. The standard InChI is InChI=1S/C15H23N5O15P2/c16-15-18-11-6(12(26)19-15)17-3-20(11)13-9(24)8(23)5(33-13)2-32-36(27,28)35-37(29,30)34-14-10(25)7(22)4(21)1-31-14/h3-5,7-10,13-14,21-25H,1-2H2,(H,27,28)(H,29,30)(H3,16,18,19,26)/t4-,5-,7-,8-,9-,10+,13?,14?/m1/s1. The molecule has 4 heterocycles. The summed E-state index contributed by atoms with van der Waals surface area (Å²) in [6, 6.07) is 0. The second-order valence-corrected chi connectivity index (χ2v) is 11.0. The first-order valence-electron chi connectivity index (χ1n) is 10.3. The average molecular weight is 575 g/mol. The highest BCUT2D eigenvalue weighted by Crippen LogP contribution is 2.61. The molecular formula is C15H23N5O15P2. The van der Waals surface area contributed by atoms with E-state index in [9.17, 15) is 49.2 Å². The van der Waals surface area contributed by atoms with E-state index in [1.807, 2.05) is 0 Å². The SMILES string of the molecule is Nc1nc2c(ncn2C2O[C@H](COP(=O)(O)OP(=O)(O)OC3OC[C@@H](O)[C@@H](O)[C@@H]3O)[C@@H](O)[C@H]2O)c(=O)[nH]1. The van der Waals surface area contributed by atoms with Gasteiger partial charge in [-0.1, -0.05) is 0 Å². The molecule has 37 heavy (non-hydrogen) atoms. The Kier molecular flexibility index (Phi) is 7.88. The lowest BCUT2D eigenvalue weighted by Crippen LogP contribution is -2.53. The molecule has 208 valence electrons. The van der Waals surface area contributed by atoms with E-state index in [1.165, 1.54) is 0 Å². The minimum atomic E-state index is -5.48. The topological polar surface area (TPSA) is 311 Å². The molecule has 4 rings (SSSR count). The summed E-state index contributed by atoms with van der Waals surface area (Å²) >= 11 is 0. The molecule has 0 aromatic carbocycles. The van der Waals surface area contributed by atoms with Gasteiger partial charge in [0, 0.05) is 0 Å². The van der Waals surface area contributed by atoms with Crippen LogP contribution in [0.2, 0.25) is 0 Å². The van der Waals surface area contributed by atoms with Gasteiger partial charge in [0.1, 0.15) is 36.6 Å². The van der Waals surface area contributed by atoms with E-state index in [-0.39, 0.29) is 17.1 Å². The average Bonchev–Trinajstić information content (AvgIpc) is 3.33. The molecule has 10 atom stereocenters. The van der Waals surface area contributed by atoms with Crippen LogP contribution < -0.4 is 11.3 Å². The number of hydrogen-bond donors (Lipinski definition) is 9. The van der Waals surface area contributed by atoms with Crippen molar-refractivity contribution in [3.05, 3.63) is 16.7 Å². The Labute approximate surface area is 205 Å². The zero-order valence-corrected chi connectivity index (χ0v) is 20.1. The van der Waals surface area contributed by atoms with E-state index in [4.69, 9.17) is 15.2 Å². The van der Waals surface area contributed by atoms with Crippen LogP contribution >= 0.6 is 15.6 Å². The predicted octanol–water partition coefficient (Wildman–Crippen LogP) is -3.99. The number of imidazole rings is 1. The summed E-state index contributed by atoms with van der Waals surface area (Å²) in [6.07, 6.45) is -12.6. The van der Waals surface area contributed by atoms with Crippen LogP contribution in [0.25, 0.3) is 11.2 Å². The summed E-state index contributed by atoms with van der Waals surface area (Å²) < 4.78 is 48.7. The second kappa shape index (κ2) is 10.4. The Balaban J connectivity index is 1.39. The number of nitrogens with zero attached hydrogens (tertiary/aromatic N) is 3. The molecule has 22 heteroatoms. The Hall–Kier alpha value is -1.87. The molecule has 10 N–H and O–H groups in total. The summed E-state index contributed by atoms with van der Waals surface area (Å²) in [5.41, 5.74) is 4.58. The zero-order chi connectivity index (χ0) is 27.3. The van der Waals surface area contributed by atoms with Crippen LogP contribution in [0.1, 0.15) is 6.23 Å². The van der Waals surface area contributed by atoms with E-state index in [0.29, 0.717) is 0 Å². The molecule has 2 aliphatic rings. The van der Waals surface area contributed by atoms with Gasteiger partial charge in [-0.2, -0.15) is 9.29 Å². The van der Waals surface area contributed by atoms with Crippen LogP contribution in [0.4, 0.5) is 5.95 Å². The van der Waals surface area contributed by atoms with E-state index in [2.05, 4.69) is 28.3 Å². The van der Waals surface area contributed by atoms with E-state index in [1.54, 1.807) is 0 Å². The number of H-pyrrole nitrogens is 1. The Morgan fingerprint density at radius 1 is 1.11 bits per heavy atom. The molecule has 0 radical (unpaired) electrons. The van der Waals surface area contributed by atoms with Gasteiger partial charge in [0.05, 0.1) is 19.5 Å². The normalized spacial score (nSPS) is 35.9. The van der Waals surface area contributed by atoms with Crippen molar-refractivity contribution >= 4 is 32.8 Å². The summed E-state index contributed by atoms with van der Waals surface area (Å²) in [4.78, 5) is 41.5. The fourth-order valence-corrected chi connectivity index (χ4v) is 5.74. The number of anilines is 1. The van der Waals surface area contributed by atoms with Gasteiger partial charge >= 0.3 is 15.6 Å². The Bertz CT molecular complexity index is 1290. The predicted molar refractivity (Wildman–Crippen MR) is 114 cm³/mol. The molecular weight excluding hydrogens is 552 g/mol. The van der Waals surface area contributed by atoms with Gasteiger partial charge in [-0.3, -0.25) is 23.4 Å². The minimum absolute atomic E-state index is 0.0987. The fourth-order valence-electron chi connectivity index (χ4n) is 3.57. The number of aliphatic hydroxyl groups is 5. The number of phosphoric ester groups is 2. The smallest absolute Gasteiger partial charge is 0.388 e. The van der Waals surface area contributed by atoms with Crippen molar-refractivity contribution in [2.45, 2.75) is 49.1 Å². The van der Waals surface area contributed by atoms with Crippen molar-refractivity contribution < 1.29 is 67.3 Å². The molecule has 2 fully saturated rings. The number of hydrogen-bond acceptors (Lipinski definition) is 16. The fraction of sp³-hybridized carbons (Fsp3) is 0.667. The number of fused-ring (bicyclic) bond motifs is 1. The second-order valence-electron chi connectivity index (χ2n) is 7.99. The molecule has 2 aromatic heterocycles. The van der Waals surface area contributed by atoms with E-state index >= 15 is 0 Å². The maximum atomic E-state index is 12.2. The third kappa shape index (κ3) is 5.92. The first-order chi connectivity index (χ1) is 17.2. The maximum Gasteiger partial charge on any atom is 0.483 e. The number of nitrogens with one attached hydrogen (secondary N) is 1. The van der Waals surface area contributed by atoms with Gasteiger partial charge in [-0.05, 0) is 0 Å². The molecule has 20 nitrogen and oxygen atoms in total. The Morgan fingerprint density at radius 2 is 1.81 bits per heavy atom. The van der Waals surface area contributed by atoms with Gasteiger partial charge < -0.3 is 50.5 Å². The first kappa shape index (κ1) is 28.1. The number of phosphoric acid groups is 2. The molecule has 0 spiro atoms. The number of nitrogen functional groups attached to an aromatic ring is 1.